The van der Waals surface area contributed by atoms with Gasteiger partial charge in [-0.25, -0.2) is 4.98 Å². The Kier molecular flexibility index (Phi) is 10.3. The molecule has 0 aliphatic heterocycles. The van der Waals surface area contributed by atoms with Crippen molar-refractivity contribution < 1.29 is 36.3 Å². The summed E-state index contributed by atoms with van der Waals surface area (Å²) in [6, 6.07) is 3.57. The van der Waals surface area contributed by atoms with Gasteiger partial charge in [-0.15, -0.1) is 0 Å². The second kappa shape index (κ2) is 12.9. The first-order valence-corrected chi connectivity index (χ1v) is 10.8. The highest BCUT2D eigenvalue weighted by atomic mass is 19.4. The number of halogens is 5. The molecular formula is C22H26F5N5O3. The van der Waals surface area contributed by atoms with Crippen LogP contribution in [-0.4, -0.2) is 34.5 Å². The van der Waals surface area contributed by atoms with Gasteiger partial charge in [0.1, 0.15) is 5.82 Å². The summed E-state index contributed by atoms with van der Waals surface area (Å²) in [6.07, 6.45) is 1.63. The molecular weight excluding hydrogens is 477 g/mol. The van der Waals surface area contributed by atoms with Crippen LogP contribution >= 0.6 is 0 Å². The van der Waals surface area contributed by atoms with Crippen LogP contribution in [0.2, 0.25) is 0 Å². The molecule has 1 aliphatic carbocycles. The van der Waals surface area contributed by atoms with E-state index in [2.05, 4.69) is 25.3 Å². The number of amides is 2. The molecule has 0 radical (unpaired) electrons. The van der Waals surface area contributed by atoms with Crippen molar-refractivity contribution >= 4 is 23.3 Å². The van der Waals surface area contributed by atoms with Crippen LogP contribution in [0.25, 0.3) is 0 Å². The van der Waals surface area contributed by atoms with E-state index in [0.29, 0.717) is 24.1 Å². The van der Waals surface area contributed by atoms with Gasteiger partial charge in [0, 0.05) is 6.20 Å². The van der Waals surface area contributed by atoms with Crippen molar-refractivity contribution in [2.75, 3.05) is 11.1 Å². The van der Waals surface area contributed by atoms with Crippen molar-refractivity contribution in [2.24, 2.45) is 0 Å². The van der Waals surface area contributed by atoms with Gasteiger partial charge in [-0.05, 0) is 43.0 Å². The third-order valence-corrected chi connectivity index (χ3v) is 5.03. The summed E-state index contributed by atoms with van der Waals surface area (Å²) >= 11 is 0. The predicted octanol–water partition coefficient (Wildman–Crippen LogP) is 4.06. The molecule has 4 N–H and O–H groups in total. The number of pyridine rings is 2. The summed E-state index contributed by atoms with van der Waals surface area (Å²) in [5.74, 6) is -1.56. The van der Waals surface area contributed by atoms with Crippen molar-refractivity contribution in [3.05, 3.63) is 47.4 Å². The van der Waals surface area contributed by atoms with Gasteiger partial charge in [-0.2, -0.15) is 22.0 Å². The number of aryl methyl sites for hydroxylation is 1. The van der Waals surface area contributed by atoms with Crippen molar-refractivity contribution in [1.82, 2.24) is 15.3 Å². The largest absolute Gasteiger partial charge is 0.417 e. The van der Waals surface area contributed by atoms with Crippen LogP contribution in [0.4, 0.5) is 33.5 Å². The first-order valence-electron chi connectivity index (χ1n) is 10.8. The lowest BCUT2D eigenvalue weighted by Gasteiger charge is -2.09. The average molecular weight is 503 g/mol. The third kappa shape index (κ3) is 9.43. The van der Waals surface area contributed by atoms with Gasteiger partial charge in [0.05, 0.1) is 35.8 Å². The molecule has 13 heteroatoms. The van der Waals surface area contributed by atoms with Gasteiger partial charge in [0.25, 0.3) is 0 Å². The Hall–Kier alpha value is -3.35. The maximum absolute atomic E-state index is 12.4. The highest BCUT2D eigenvalue weighted by molar-refractivity contribution is 6.39. The molecule has 3 rings (SSSR count). The number of carbonyl (C=O) groups is 2. The second-order valence-corrected chi connectivity index (χ2v) is 7.60. The Morgan fingerprint density at radius 3 is 2.37 bits per heavy atom. The number of ether oxygens (including phenoxy) is 1. The van der Waals surface area contributed by atoms with E-state index < -0.39 is 30.2 Å². The van der Waals surface area contributed by atoms with Gasteiger partial charge >= 0.3 is 24.6 Å². The van der Waals surface area contributed by atoms with Crippen molar-refractivity contribution in [3.63, 3.8) is 0 Å². The lowest BCUT2D eigenvalue weighted by atomic mass is 10.2. The number of nitrogens with zero attached hydrogens (tertiary/aromatic N) is 2. The topological polar surface area (TPSA) is 119 Å². The van der Waals surface area contributed by atoms with Crippen molar-refractivity contribution in [3.8, 4) is 0 Å². The summed E-state index contributed by atoms with van der Waals surface area (Å²) in [7, 11) is 0. The van der Waals surface area contributed by atoms with E-state index in [-0.39, 0.29) is 18.3 Å². The second-order valence-electron chi connectivity index (χ2n) is 7.60. The van der Waals surface area contributed by atoms with Crippen molar-refractivity contribution in [1.29, 1.82) is 0 Å². The van der Waals surface area contributed by atoms with Crippen LogP contribution in [0.5, 0.6) is 0 Å². The minimum atomic E-state index is -4.49. The molecule has 2 heterocycles. The molecule has 0 unspecified atom stereocenters. The zero-order chi connectivity index (χ0) is 26.0. The molecule has 2 aromatic heterocycles. The molecule has 0 atom stereocenters. The number of alkyl halides is 5. The fourth-order valence-corrected chi connectivity index (χ4v) is 3.18. The quantitative estimate of drug-likeness (QED) is 0.404. The summed E-state index contributed by atoms with van der Waals surface area (Å²) in [6.45, 7) is -0.902. The molecule has 1 aliphatic rings. The van der Waals surface area contributed by atoms with E-state index in [4.69, 9.17) is 5.73 Å². The van der Waals surface area contributed by atoms with Crippen LogP contribution in [0.15, 0.2) is 30.6 Å². The third-order valence-electron chi connectivity index (χ3n) is 5.03. The van der Waals surface area contributed by atoms with E-state index >= 15 is 0 Å². The number of rotatable bonds is 6. The molecule has 8 nitrogen and oxygen atoms in total. The fraction of sp³-hybridized carbons (Fsp3) is 0.455. The molecule has 0 saturated heterocycles. The van der Waals surface area contributed by atoms with Gasteiger partial charge < -0.3 is 21.1 Å². The van der Waals surface area contributed by atoms with Crippen LogP contribution in [0.3, 0.4) is 0 Å². The molecule has 192 valence electrons. The number of nitrogens with two attached hydrogens (primary N) is 1. The predicted molar refractivity (Wildman–Crippen MR) is 117 cm³/mol. The summed E-state index contributed by atoms with van der Waals surface area (Å²) in [5.41, 5.74) is 5.97. The minimum Gasteiger partial charge on any atom is -0.383 e. The van der Waals surface area contributed by atoms with E-state index in [0.717, 1.165) is 43.4 Å². The minimum absolute atomic E-state index is 0.162. The number of hydrogen-bond acceptors (Lipinski definition) is 6. The first kappa shape index (κ1) is 27.9. The number of carbonyl (C=O) groups excluding carboxylic acids is 2. The van der Waals surface area contributed by atoms with Crippen LogP contribution in [0, 0.1) is 0 Å². The number of nitrogens with one attached hydrogen (secondary N) is 2. The van der Waals surface area contributed by atoms with E-state index in [1.54, 1.807) is 6.07 Å². The smallest absolute Gasteiger partial charge is 0.383 e. The Morgan fingerprint density at radius 1 is 1.14 bits per heavy atom. The molecule has 2 amide bonds. The Morgan fingerprint density at radius 2 is 1.83 bits per heavy atom. The number of aromatic nitrogens is 2. The zero-order valence-electron chi connectivity index (χ0n) is 18.9. The maximum Gasteiger partial charge on any atom is 0.417 e. The molecule has 1 fully saturated rings. The van der Waals surface area contributed by atoms with E-state index in [1.807, 2.05) is 6.92 Å². The van der Waals surface area contributed by atoms with E-state index in [1.165, 1.54) is 6.20 Å². The first-order chi connectivity index (χ1) is 16.5. The fourth-order valence-electron chi connectivity index (χ4n) is 3.18. The number of anilines is 2. The lowest BCUT2D eigenvalue weighted by Crippen LogP contribution is -2.35. The Bertz CT molecular complexity index is 980. The number of hydrogen-bond donors (Lipinski definition) is 3. The molecule has 0 spiro atoms. The molecule has 0 bridgehead atoms. The SMILES string of the molecule is CCc1cc(NC(=O)C(=O)NCc2ccc(C(F)(F)F)cn2)cnc1N.FC(F)OC1CCCC1. The monoisotopic (exact) mass is 503 g/mol. The van der Waals surface area contributed by atoms with Crippen LogP contribution in [0.1, 0.15) is 49.4 Å². The molecule has 2 aromatic rings. The number of nitrogen functional groups attached to an aromatic ring is 1. The summed E-state index contributed by atoms with van der Waals surface area (Å²) in [5, 5.41) is 4.65. The Labute approximate surface area is 198 Å². The summed E-state index contributed by atoms with van der Waals surface area (Å²) in [4.78, 5) is 31.2. The standard InChI is InChI=1S/C16H16F3N5O2.C6H10F2O/c1-2-9-5-12(8-22-13(9)20)24-15(26)14(25)23-7-11-4-3-10(6-21-11)16(17,18)19;7-6(8)9-5-3-1-2-4-5/h3-6,8H,2,7H2,1H3,(H2,20,22)(H,23,25)(H,24,26);5-6H,1-4H2. The van der Waals surface area contributed by atoms with Crippen LogP contribution < -0.4 is 16.4 Å². The van der Waals surface area contributed by atoms with Crippen molar-refractivity contribution in [2.45, 2.75) is 64.5 Å². The highest BCUT2D eigenvalue weighted by Crippen LogP contribution is 2.28. The van der Waals surface area contributed by atoms with E-state index in [9.17, 15) is 31.5 Å². The molecule has 35 heavy (non-hydrogen) atoms. The highest BCUT2D eigenvalue weighted by Gasteiger charge is 2.30. The molecule has 0 aromatic carbocycles. The average Bonchev–Trinajstić information content (AvgIpc) is 3.31. The van der Waals surface area contributed by atoms with Gasteiger partial charge in [-0.1, -0.05) is 19.8 Å². The Balaban J connectivity index is 0.000000402. The van der Waals surface area contributed by atoms with Gasteiger partial charge in [0.2, 0.25) is 0 Å². The van der Waals surface area contributed by atoms with Gasteiger partial charge in [-0.3, -0.25) is 14.6 Å². The summed E-state index contributed by atoms with van der Waals surface area (Å²) < 4.78 is 64.6. The lowest BCUT2D eigenvalue weighted by molar-refractivity contribution is -0.160. The zero-order valence-corrected chi connectivity index (χ0v) is 18.9. The van der Waals surface area contributed by atoms with Gasteiger partial charge in [0.15, 0.2) is 0 Å². The maximum atomic E-state index is 12.4. The molecule has 1 saturated carbocycles. The normalized spacial score (nSPS) is 13.8. The van der Waals surface area contributed by atoms with Crippen LogP contribution in [-0.2, 0) is 33.5 Å².